The molecule has 5 heteroatoms. The van der Waals surface area contributed by atoms with E-state index in [9.17, 15) is 9.18 Å². The fourth-order valence-electron chi connectivity index (χ4n) is 3.78. The van der Waals surface area contributed by atoms with Gasteiger partial charge in [0.1, 0.15) is 5.82 Å². The molecule has 0 bridgehead atoms. The Morgan fingerprint density at radius 3 is 2.67 bits per heavy atom. The molecule has 1 fully saturated rings. The average Bonchev–Trinajstić information content (AvgIpc) is 3.38. The van der Waals surface area contributed by atoms with Gasteiger partial charge in [-0.25, -0.2) is 4.39 Å². The lowest BCUT2D eigenvalue weighted by atomic mass is 10.1. The molecule has 2 heterocycles. The maximum atomic E-state index is 14.3. The molecule has 3 aromatic rings. The Bertz CT molecular complexity index is 1040. The third-order valence-corrected chi connectivity index (χ3v) is 6.30. The van der Waals surface area contributed by atoms with Gasteiger partial charge in [0.05, 0.1) is 11.2 Å². The molecular formula is C22H25FN2OS. The maximum absolute atomic E-state index is 14.3. The molecule has 0 aliphatic heterocycles. The molecule has 0 radical (unpaired) electrons. The summed E-state index contributed by atoms with van der Waals surface area (Å²) in [6.45, 7) is 4.81. The second kappa shape index (κ2) is 7.19. The monoisotopic (exact) mass is 384 g/mol. The van der Waals surface area contributed by atoms with E-state index in [4.69, 9.17) is 0 Å². The lowest BCUT2D eigenvalue weighted by Crippen LogP contribution is -2.18. The first-order valence-corrected chi connectivity index (χ1v) is 10.6. The number of aromatic nitrogens is 2. The molecule has 0 N–H and O–H groups in total. The highest BCUT2D eigenvalue weighted by molar-refractivity contribution is 7.99. The van der Waals surface area contributed by atoms with Gasteiger partial charge in [0.15, 0.2) is 0 Å². The minimum Gasteiger partial charge on any atom is -0.340 e. The van der Waals surface area contributed by atoms with Crippen LogP contribution >= 0.6 is 11.8 Å². The number of hydrogen-bond acceptors (Lipinski definition) is 2. The van der Waals surface area contributed by atoms with E-state index in [2.05, 4.69) is 17.6 Å². The van der Waals surface area contributed by atoms with E-state index in [-0.39, 0.29) is 11.4 Å². The van der Waals surface area contributed by atoms with Crippen molar-refractivity contribution in [2.24, 2.45) is 13.0 Å². The normalized spacial score (nSPS) is 14.2. The number of pyridine rings is 1. The Hall–Kier alpha value is -2.01. The summed E-state index contributed by atoms with van der Waals surface area (Å²) in [6.07, 6.45) is 5.62. The minimum absolute atomic E-state index is 0.0210. The van der Waals surface area contributed by atoms with Gasteiger partial charge in [0.2, 0.25) is 0 Å². The predicted molar refractivity (Wildman–Crippen MR) is 111 cm³/mol. The number of nitrogens with zero attached hydrogens (tertiary/aromatic N) is 2. The van der Waals surface area contributed by atoms with E-state index in [0.717, 1.165) is 57.3 Å². The van der Waals surface area contributed by atoms with E-state index in [0.29, 0.717) is 0 Å². The number of aryl methyl sites for hydroxylation is 3. The van der Waals surface area contributed by atoms with Crippen LogP contribution < -0.4 is 5.56 Å². The molecule has 1 aliphatic rings. The van der Waals surface area contributed by atoms with Crippen molar-refractivity contribution in [3.05, 3.63) is 52.2 Å². The summed E-state index contributed by atoms with van der Waals surface area (Å²) in [5, 5.41) is 1.10. The number of hydrogen-bond donors (Lipinski definition) is 0. The van der Waals surface area contributed by atoms with Crippen LogP contribution in [0.2, 0.25) is 0 Å². The van der Waals surface area contributed by atoms with Gasteiger partial charge in [-0.05, 0) is 49.3 Å². The fraction of sp³-hybridized carbons (Fsp3) is 0.409. The van der Waals surface area contributed by atoms with Crippen molar-refractivity contribution < 1.29 is 4.39 Å². The summed E-state index contributed by atoms with van der Waals surface area (Å²) in [5.41, 5.74) is 3.77. The van der Waals surface area contributed by atoms with Gasteiger partial charge in [-0.1, -0.05) is 19.8 Å². The highest BCUT2D eigenvalue weighted by Gasteiger charge is 2.23. The maximum Gasteiger partial charge on any atom is 0.253 e. The van der Waals surface area contributed by atoms with Gasteiger partial charge in [-0.15, -0.1) is 11.8 Å². The van der Waals surface area contributed by atoms with Gasteiger partial charge < -0.3 is 9.13 Å². The van der Waals surface area contributed by atoms with Crippen LogP contribution in [-0.4, -0.2) is 14.9 Å². The summed E-state index contributed by atoms with van der Waals surface area (Å²) in [4.78, 5) is 13.1. The molecule has 0 atom stereocenters. The quantitative estimate of drug-likeness (QED) is 0.535. The smallest absolute Gasteiger partial charge is 0.253 e. The Labute approximate surface area is 163 Å². The van der Waals surface area contributed by atoms with Crippen LogP contribution in [0.1, 0.15) is 31.7 Å². The molecule has 1 aliphatic carbocycles. The largest absolute Gasteiger partial charge is 0.340 e. The second-order valence-electron chi connectivity index (χ2n) is 7.51. The fourth-order valence-corrected chi connectivity index (χ4v) is 4.61. The zero-order chi connectivity index (χ0) is 19.1. The first-order valence-electron chi connectivity index (χ1n) is 9.61. The molecule has 0 unspecified atom stereocenters. The van der Waals surface area contributed by atoms with Crippen LogP contribution in [-0.2, 0) is 13.6 Å². The lowest BCUT2D eigenvalue weighted by molar-refractivity contribution is 0.607. The van der Waals surface area contributed by atoms with Crippen molar-refractivity contribution in [3.8, 4) is 11.3 Å². The van der Waals surface area contributed by atoms with Crippen LogP contribution in [0.3, 0.4) is 0 Å². The zero-order valence-electron chi connectivity index (χ0n) is 16.1. The molecule has 4 rings (SSSR count). The lowest BCUT2D eigenvalue weighted by Gasteiger charge is -2.13. The highest BCUT2D eigenvalue weighted by atomic mass is 32.2. The summed E-state index contributed by atoms with van der Waals surface area (Å²) in [6, 6.07) is 7.41. The van der Waals surface area contributed by atoms with Gasteiger partial charge in [-0.3, -0.25) is 4.79 Å². The highest BCUT2D eigenvalue weighted by Crippen LogP contribution is 2.38. The van der Waals surface area contributed by atoms with E-state index < -0.39 is 0 Å². The summed E-state index contributed by atoms with van der Waals surface area (Å²) in [5.74, 6) is 1.52. The molecular weight excluding hydrogens is 359 g/mol. The molecule has 1 aromatic carbocycles. The Morgan fingerprint density at radius 2 is 2.00 bits per heavy atom. The van der Waals surface area contributed by atoms with Gasteiger partial charge >= 0.3 is 0 Å². The third kappa shape index (κ3) is 3.57. The van der Waals surface area contributed by atoms with Crippen molar-refractivity contribution in [3.63, 3.8) is 0 Å². The number of halogens is 1. The van der Waals surface area contributed by atoms with Crippen molar-refractivity contribution in [2.75, 3.05) is 5.75 Å². The van der Waals surface area contributed by atoms with Crippen LogP contribution in [0, 0.1) is 18.7 Å². The molecule has 0 saturated heterocycles. The van der Waals surface area contributed by atoms with E-state index >= 15 is 0 Å². The standard InChI is InChI=1S/C22H25FN2OS/c1-4-27-21-11-17(23)10-20-18(21)12-19(25(20)8-7-15-5-6-15)16-9-14(2)22(26)24(3)13-16/h9-13,15H,4-8H2,1-3H3. The van der Waals surface area contributed by atoms with Crippen LogP contribution in [0.4, 0.5) is 4.39 Å². The topological polar surface area (TPSA) is 26.9 Å². The SMILES string of the molecule is CCSc1cc(F)cc2c1cc(-c1cc(C)c(=O)n(C)c1)n2CCC1CC1. The van der Waals surface area contributed by atoms with Crippen LogP contribution in [0.25, 0.3) is 22.2 Å². The van der Waals surface area contributed by atoms with E-state index in [1.54, 1.807) is 35.5 Å². The minimum atomic E-state index is -0.188. The van der Waals surface area contributed by atoms with Gasteiger partial charge in [0, 0.05) is 41.2 Å². The Morgan fingerprint density at radius 1 is 1.22 bits per heavy atom. The van der Waals surface area contributed by atoms with Crippen molar-refractivity contribution in [1.82, 2.24) is 9.13 Å². The average molecular weight is 385 g/mol. The van der Waals surface area contributed by atoms with Crippen molar-refractivity contribution in [1.29, 1.82) is 0 Å². The van der Waals surface area contributed by atoms with Gasteiger partial charge in [0.25, 0.3) is 5.56 Å². The molecule has 0 spiro atoms. The van der Waals surface area contributed by atoms with Crippen LogP contribution in [0.15, 0.2) is 40.2 Å². The first-order chi connectivity index (χ1) is 13.0. The molecule has 142 valence electrons. The molecule has 2 aromatic heterocycles. The van der Waals surface area contributed by atoms with E-state index in [1.165, 1.54) is 12.8 Å². The van der Waals surface area contributed by atoms with Crippen molar-refractivity contribution >= 4 is 22.7 Å². The molecule has 1 saturated carbocycles. The summed E-state index contributed by atoms with van der Waals surface area (Å²) >= 11 is 1.67. The van der Waals surface area contributed by atoms with Gasteiger partial charge in [-0.2, -0.15) is 0 Å². The van der Waals surface area contributed by atoms with Crippen LogP contribution in [0.5, 0.6) is 0 Å². The first kappa shape index (κ1) is 18.4. The summed E-state index contributed by atoms with van der Waals surface area (Å²) in [7, 11) is 1.79. The van der Waals surface area contributed by atoms with Crippen molar-refractivity contribution in [2.45, 2.75) is 44.6 Å². The third-order valence-electron chi connectivity index (χ3n) is 5.36. The predicted octanol–water partition coefficient (Wildman–Crippen LogP) is 5.37. The Kier molecular flexibility index (Phi) is 4.89. The number of benzene rings is 1. The number of rotatable bonds is 6. The number of thioether (sulfide) groups is 1. The number of fused-ring (bicyclic) bond motifs is 1. The molecule has 0 amide bonds. The Balaban J connectivity index is 1.93. The second-order valence-corrected chi connectivity index (χ2v) is 8.82. The summed E-state index contributed by atoms with van der Waals surface area (Å²) < 4.78 is 18.2. The van der Waals surface area contributed by atoms with E-state index in [1.807, 2.05) is 19.2 Å². The molecule has 27 heavy (non-hydrogen) atoms. The zero-order valence-corrected chi connectivity index (χ0v) is 16.9. The molecule has 3 nitrogen and oxygen atoms in total.